The van der Waals surface area contributed by atoms with Crippen LogP contribution in [0.1, 0.15) is 38.2 Å². The molecule has 1 saturated heterocycles. The van der Waals surface area contributed by atoms with E-state index >= 15 is 0 Å². The van der Waals surface area contributed by atoms with Gasteiger partial charge in [-0.1, -0.05) is 19.4 Å². The fourth-order valence-electron chi connectivity index (χ4n) is 2.49. The summed E-state index contributed by atoms with van der Waals surface area (Å²) in [5.74, 6) is 6.87. The molecule has 1 atom stereocenters. The van der Waals surface area contributed by atoms with E-state index in [1.54, 1.807) is 6.20 Å². The first kappa shape index (κ1) is 13.8. The number of aromatic nitrogens is 1. The van der Waals surface area contributed by atoms with Crippen LogP contribution in [0.5, 0.6) is 0 Å². The molecule has 1 fully saturated rings. The molecule has 0 radical (unpaired) electrons. The standard InChI is InChI=1S/C14H22N4O/c1-2-11-4-6-14(19)18(8-7-11)10-12-3-5-13(17-15)16-9-12/h3,5,9,11H,2,4,6-8,10,15H2,1H3,(H,16,17). The van der Waals surface area contributed by atoms with Crippen molar-refractivity contribution in [1.82, 2.24) is 9.88 Å². The highest BCUT2D eigenvalue weighted by molar-refractivity contribution is 5.76. The van der Waals surface area contributed by atoms with Gasteiger partial charge in [0.05, 0.1) is 0 Å². The van der Waals surface area contributed by atoms with Crippen molar-refractivity contribution in [2.24, 2.45) is 11.8 Å². The SMILES string of the molecule is CCC1CCC(=O)N(Cc2ccc(NN)nc2)CC1. The van der Waals surface area contributed by atoms with E-state index < -0.39 is 0 Å². The zero-order chi connectivity index (χ0) is 13.7. The third-order valence-electron chi connectivity index (χ3n) is 3.85. The van der Waals surface area contributed by atoms with Crippen molar-refractivity contribution in [2.45, 2.75) is 39.2 Å². The number of rotatable bonds is 4. The smallest absolute Gasteiger partial charge is 0.222 e. The Balaban J connectivity index is 1.98. The van der Waals surface area contributed by atoms with Crippen molar-refractivity contribution >= 4 is 11.7 Å². The third-order valence-corrected chi connectivity index (χ3v) is 3.85. The number of pyridine rings is 1. The Kier molecular flexibility index (Phi) is 4.74. The topological polar surface area (TPSA) is 71.2 Å². The van der Waals surface area contributed by atoms with Gasteiger partial charge in [0.2, 0.25) is 5.91 Å². The zero-order valence-corrected chi connectivity index (χ0v) is 11.4. The lowest BCUT2D eigenvalue weighted by molar-refractivity contribution is -0.131. The van der Waals surface area contributed by atoms with Gasteiger partial charge in [0.15, 0.2) is 0 Å². The number of carbonyl (C=O) groups excluding carboxylic acids is 1. The highest BCUT2D eigenvalue weighted by atomic mass is 16.2. The Morgan fingerprint density at radius 2 is 2.32 bits per heavy atom. The number of hydrogen-bond donors (Lipinski definition) is 2. The lowest BCUT2D eigenvalue weighted by Crippen LogP contribution is -2.29. The fraction of sp³-hybridized carbons (Fsp3) is 0.571. The lowest BCUT2D eigenvalue weighted by Gasteiger charge is -2.20. The molecule has 0 bridgehead atoms. The maximum absolute atomic E-state index is 12.1. The minimum absolute atomic E-state index is 0.261. The van der Waals surface area contributed by atoms with Crippen LogP contribution in [0.15, 0.2) is 18.3 Å². The quantitative estimate of drug-likeness (QED) is 0.642. The van der Waals surface area contributed by atoms with Gasteiger partial charge in [0.25, 0.3) is 0 Å². The summed E-state index contributed by atoms with van der Waals surface area (Å²) in [5, 5.41) is 0. The number of hydrazine groups is 1. The average molecular weight is 262 g/mol. The first-order valence-corrected chi connectivity index (χ1v) is 6.92. The maximum atomic E-state index is 12.1. The molecule has 19 heavy (non-hydrogen) atoms. The monoisotopic (exact) mass is 262 g/mol. The minimum Gasteiger partial charge on any atom is -0.338 e. The molecule has 0 spiro atoms. The molecule has 1 aromatic heterocycles. The van der Waals surface area contributed by atoms with Gasteiger partial charge >= 0.3 is 0 Å². The molecule has 1 aromatic rings. The summed E-state index contributed by atoms with van der Waals surface area (Å²) in [7, 11) is 0. The Morgan fingerprint density at radius 1 is 1.47 bits per heavy atom. The van der Waals surface area contributed by atoms with E-state index in [0.717, 1.165) is 24.9 Å². The van der Waals surface area contributed by atoms with Crippen LogP contribution in [0.3, 0.4) is 0 Å². The summed E-state index contributed by atoms with van der Waals surface area (Å²) in [5.41, 5.74) is 3.54. The van der Waals surface area contributed by atoms with Gasteiger partial charge in [0.1, 0.15) is 5.82 Å². The predicted octanol–water partition coefficient (Wildman–Crippen LogP) is 1.91. The number of nitrogens with zero attached hydrogens (tertiary/aromatic N) is 2. The van der Waals surface area contributed by atoms with E-state index in [2.05, 4.69) is 17.3 Å². The van der Waals surface area contributed by atoms with Gasteiger partial charge in [-0.15, -0.1) is 0 Å². The Bertz CT molecular complexity index is 418. The van der Waals surface area contributed by atoms with Crippen LogP contribution in [0.25, 0.3) is 0 Å². The van der Waals surface area contributed by atoms with Gasteiger partial charge in [0, 0.05) is 25.7 Å². The average Bonchev–Trinajstić information content (AvgIpc) is 2.62. The molecule has 104 valence electrons. The largest absolute Gasteiger partial charge is 0.338 e. The molecule has 1 amide bonds. The van der Waals surface area contributed by atoms with E-state index in [1.165, 1.54) is 6.42 Å². The van der Waals surface area contributed by atoms with Crippen molar-refractivity contribution in [1.29, 1.82) is 0 Å². The number of anilines is 1. The first-order valence-electron chi connectivity index (χ1n) is 6.92. The van der Waals surface area contributed by atoms with E-state index in [9.17, 15) is 4.79 Å². The molecular weight excluding hydrogens is 240 g/mol. The molecule has 5 heteroatoms. The van der Waals surface area contributed by atoms with Crippen LogP contribution in [0.2, 0.25) is 0 Å². The summed E-state index contributed by atoms with van der Waals surface area (Å²) in [6, 6.07) is 3.78. The lowest BCUT2D eigenvalue weighted by atomic mass is 9.98. The van der Waals surface area contributed by atoms with Gasteiger partial charge in [-0.25, -0.2) is 10.8 Å². The zero-order valence-electron chi connectivity index (χ0n) is 11.4. The van der Waals surface area contributed by atoms with Crippen LogP contribution < -0.4 is 11.3 Å². The second-order valence-electron chi connectivity index (χ2n) is 5.11. The van der Waals surface area contributed by atoms with Gasteiger partial charge in [-0.05, 0) is 30.4 Å². The molecule has 1 aliphatic heterocycles. The second-order valence-corrected chi connectivity index (χ2v) is 5.11. The highest BCUT2D eigenvalue weighted by Crippen LogP contribution is 2.22. The van der Waals surface area contributed by atoms with Crippen LogP contribution in [-0.4, -0.2) is 22.3 Å². The Labute approximate surface area is 114 Å². The normalized spacial score (nSPS) is 20.2. The van der Waals surface area contributed by atoms with Crippen molar-refractivity contribution < 1.29 is 4.79 Å². The molecule has 3 N–H and O–H groups in total. The minimum atomic E-state index is 0.261. The van der Waals surface area contributed by atoms with Crippen molar-refractivity contribution in [2.75, 3.05) is 12.0 Å². The van der Waals surface area contributed by atoms with E-state index in [-0.39, 0.29) is 5.91 Å². The number of likely N-dealkylation sites (tertiary alicyclic amines) is 1. The van der Waals surface area contributed by atoms with Gasteiger partial charge < -0.3 is 10.3 Å². The number of amides is 1. The summed E-state index contributed by atoms with van der Waals surface area (Å²) >= 11 is 0. The van der Waals surface area contributed by atoms with Crippen molar-refractivity contribution in [3.8, 4) is 0 Å². The third kappa shape index (κ3) is 3.67. The van der Waals surface area contributed by atoms with Crippen LogP contribution in [-0.2, 0) is 11.3 Å². The van der Waals surface area contributed by atoms with Crippen LogP contribution in [0.4, 0.5) is 5.82 Å². The van der Waals surface area contributed by atoms with Crippen LogP contribution in [0, 0.1) is 5.92 Å². The van der Waals surface area contributed by atoms with Crippen LogP contribution >= 0.6 is 0 Å². The molecule has 2 rings (SSSR count). The predicted molar refractivity (Wildman–Crippen MR) is 75.1 cm³/mol. The Hall–Kier alpha value is -1.62. The summed E-state index contributed by atoms with van der Waals surface area (Å²) in [6.45, 7) is 3.70. The molecule has 1 unspecified atom stereocenters. The first-order chi connectivity index (χ1) is 9.22. The molecule has 0 aliphatic carbocycles. The number of carbonyl (C=O) groups is 1. The molecule has 2 heterocycles. The molecule has 1 aliphatic rings. The summed E-state index contributed by atoms with van der Waals surface area (Å²) in [6.07, 6.45) is 5.75. The molecule has 0 saturated carbocycles. The maximum Gasteiger partial charge on any atom is 0.222 e. The number of nitrogen functional groups attached to an aromatic ring is 1. The van der Waals surface area contributed by atoms with Gasteiger partial charge in [-0.2, -0.15) is 0 Å². The Morgan fingerprint density at radius 3 is 2.95 bits per heavy atom. The highest BCUT2D eigenvalue weighted by Gasteiger charge is 2.21. The number of nitrogens with two attached hydrogens (primary N) is 1. The molecule has 5 nitrogen and oxygen atoms in total. The van der Waals surface area contributed by atoms with Gasteiger partial charge in [-0.3, -0.25) is 4.79 Å². The van der Waals surface area contributed by atoms with E-state index in [0.29, 0.717) is 24.7 Å². The second kappa shape index (κ2) is 6.52. The summed E-state index contributed by atoms with van der Waals surface area (Å²) in [4.78, 5) is 18.2. The number of hydrogen-bond acceptors (Lipinski definition) is 4. The molecule has 0 aromatic carbocycles. The fourth-order valence-corrected chi connectivity index (χ4v) is 2.49. The summed E-state index contributed by atoms with van der Waals surface area (Å²) < 4.78 is 0. The molecular formula is C14H22N4O. The van der Waals surface area contributed by atoms with E-state index in [4.69, 9.17) is 5.84 Å². The van der Waals surface area contributed by atoms with Crippen molar-refractivity contribution in [3.05, 3.63) is 23.9 Å². The van der Waals surface area contributed by atoms with Crippen molar-refractivity contribution in [3.63, 3.8) is 0 Å². The number of nitrogens with one attached hydrogen (secondary N) is 1. The van der Waals surface area contributed by atoms with E-state index in [1.807, 2.05) is 17.0 Å².